The predicted molar refractivity (Wildman–Crippen MR) is 79.1 cm³/mol. The van der Waals surface area contributed by atoms with E-state index in [0.717, 1.165) is 32.4 Å². The van der Waals surface area contributed by atoms with Gasteiger partial charge in [0.2, 0.25) is 5.91 Å². The van der Waals surface area contributed by atoms with E-state index in [1.165, 1.54) is 38.5 Å². The van der Waals surface area contributed by atoms with Gasteiger partial charge >= 0.3 is 0 Å². The highest BCUT2D eigenvalue weighted by Crippen LogP contribution is 2.37. The van der Waals surface area contributed by atoms with Gasteiger partial charge in [-0.25, -0.2) is 0 Å². The molecule has 1 amide bonds. The number of amides is 1. The van der Waals surface area contributed by atoms with Gasteiger partial charge < -0.3 is 10.2 Å². The minimum Gasteiger partial charge on any atom is -0.345 e. The maximum Gasteiger partial charge on any atom is 0.228 e. The molecule has 0 bridgehead atoms. The van der Waals surface area contributed by atoms with Crippen LogP contribution in [0.25, 0.3) is 0 Å². The van der Waals surface area contributed by atoms with Crippen molar-refractivity contribution in [3.05, 3.63) is 0 Å². The molecule has 0 radical (unpaired) electrons. The van der Waals surface area contributed by atoms with Crippen LogP contribution in [0.4, 0.5) is 0 Å². The minimum atomic E-state index is -0.0764. The van der Waals surface area contributed by atoms with Gasteiger partial charge in [0.05, 0.1) is 0 Å². The molecule has 1 unspecified atom stereocenters. The van der Waals surface area contributed by atoms with Crippen LogP contribution in [-0.4, -0.2) is 37.0 Å². The van der Waals surface area contributed by atoms with Crippen molar-refractivity contribution < 1.29 is 4.79 Å². The van der Waals surface area contributed by atoms with Crippen molar-refractivity contribution in [1.29, 1.82) is 0 Å². The lowest BCUT2D eigenvalue weighted by Crippen LogP contribution is -2.44. The van der Waals surface area contributed by atoms with E-state index in [0.29, 0.717) is 11.9 Å². The standard InChI is InChI=1S/C16H30N2O/c1-16(10-5-3-6-11-16)15(19)18(2)13-9-14-8-4-7-12-17-14/h14,17H,3-13H2,1-2H3. The van der Waals surface area contributed by atoms with Crippen LogP contribution in [0.3, 0.4) is 0 Å². The Morgan fingerprint density at radius 1 is 1.21 bits per heavy atom. The summed E-state index contributed by atoms with van der Waals surface area (Å²) in [6.45, 7) is 4.23. The second kappa shape index (κ2) is 6.74. The van der Waals surface area contributed by atoms with Gasteiger partial charge in [-0.05, 0) is 38.6 Å². The topological polar surface area (TPSA) is 32.3 Å². The molecular formula is C16H30N2O. The molecule has 0 aromatic carbocycles. The number of rotatable bonds is 4. The summed E-state index contributed by atoms with van der Waals surface area (Å²) in [6.07, 6.45) is 10.9. The first-order valence-corrected chi connectivity index (χ1v) is 8.11. The van der Waals surface area contributed by atoms with E-state index in [-0.39, 0.29) is 5.41 Å². The molecule has 1 aliphatic heterocycles. The summed E-state index contributed by atoms with van der Waals surface area (Å²) in [7, 11) is 1.99. The van der Waals surface area contributed by atoms with E-state index in [1.807, 2.05) is 11.9 Å². The van der Waals surface area contributed by atoms with Crippen molar-refractivity contribution in [3.8, 4) is 0 Å². The summed E-state index contributed by atoms with van der Waals surface area (Å²) in [4.78, 5) is 14.6. The summed E-state index contributed by atoms with van der Waals surface area (Å²) < 4.78 is 0. The summed E-state index contributed by atoms with van der Waals surface area (Å²) in [5.74, 6) is 0.378. The Morgan fingerprint density at radius 2 is 1.95 bits per heavy atom. The van der Waals surface area contributed by atoms with Crippen LogP contribution in [0.2, 0.25) is 0 Å². The van der Waals surface area contributed by atoms with Gasteiger partial charge in [0.1, 0.15) is 0 Å². The molecule has 0 aromatic heterocycles. The zero-order chi connectivity index (χ0) is 13.7. The van der Waals surface area contributed by atoms with Crippen molar-refractivity contribution in [3.63, 3.8) is 0 Å². The van der Waals surface area contributed by atoms with Crippen molar-refractivity contribution in [2.45, 2.75) is 70.8 Å². The van der Waals surface area contributed by atoms with Crippen molar-refractivity contribution in [1.82, 2.24) is 10.2 Å². The molecule has 3 heteroatoms. The number of hydrogen-bond acceptors (Lipinski definition) is 2. The van der Waals surface area contributed by atoms with Crippen LogP contribution in [0, 0.1) is 5.41 Å². The molecule has 3 nitrogen and oxygen atoms in total. The van der Waals surface area contributed by atoms with Gasteiger partial charge in [-0.15, -0.1) is 0 Å². The van der Waals surface area contributed by atoms with Crippen molar-refractivity contribution in [2.24, 2.45) is 5.41 Å². The molecule has 1 heterocycles. The van der Waals surface area contributed by atoms with Gasteiger partial charge in [0.25, 0.3) is 0 Å². The Hall–Kier alpha value is -0.570. The van der Waals surface area contributed by atoms with Gasteiger partial charge in [-0.1, -0.05) is 32.6 Å². The second-order valence-corrected chi connectivity index (χ2v) is 6.78. The first-order valence-electron chi connectivity index (χ1n) is 8.11. The Labute approximate surface area is 118 Å². The number of hydrogen-bond donors (Lipinski definition) is 1. The molecule has 1 saturated heterocycles. The summed E-state index contributed by atoms with van der Waals surface area (Å²) in [5, 5.41) is 3.56. The fraction of sp³-hybridized carbons (Fsp3) is 0.938. The molecule has 19 heavy (non-hydrogen) atoms. The van der Waals surface area contributed by atoms with Gasteiger partial charge in [0, 0.05) is 25.0 Å². The average molecular weight is 266 g/mol. The van der Waals surface area contributed by atoms with E-state index >= 15 is 0 Å². The molecule has 1 atom stereocenters. The van der Waals surface area contributed by atoms with Crippen molar-refractivity contribution >= 4 is 5.91 Å². The molecule has 2 fully saturated rings. The molecule has 1 aliphatic carbocycles. The lowest BCUT2D eigenvalue weighted by molar-refractivity contribution is -0.141. The number of carbonyl (C=O) groups is 1. The third-order valence-electron chi connectivity index (χ3n) is 5.05. The normalized spacial score (nSPS) is 26.9. The highest BCUT2D eigenvalue weighted by molar-refractivity contribution is 5.82. The third kappa shape index (κ3) is 3.95. The zero-order valence-electron chi connectivity index (χ0n) is 12.7. The SMILES string of the molecule is CN(CCC1CCCCN1)C(=O)C1(C)CCCCC1. The van der Waals surface area contributed by atoms with E-state index in [9.17, 15) is 4.79 Å². The summed E-state index contributed by atoms with van der Waals surface area (Å²) in [5.41, 5.74) is -0.0764. The van der Waals surface area contributed by atoms with Crippen LogP contribution in [0.1, 0.15) is 64.7 Å². The first kappa shape index (κ1) is 14.8. The Bertz CT molecular complexity index is 291. The zero-order valence-corrected chi connectivity index (χ0v) is 12.7. The molecule has 0 aromatic rings. The van der Waals surface area contributed by atoms with Crippen molar-refractivity contribution in [2.75, 3.05) is 20.1 Å². The number of nitrogens with zero attached hydrogens (tertiary/aromatic N) is 1. The fourth-order valence-electron chi connectivity index (χ4n) is 3.63. The van der Waals surface area contributed by atoms with Gasteiger partial charge in [-0.3, -0.25) is 4.79 Å². The smallest absolute Gasteiger partial charge is 0.228 e. The summed E-state index contributed by atoms with van der Waals surface area (Å²) >= 11 is 0. The van der Waals surface area contributed by atoms with Gasteiger partial charge in [0.15, 0.2) is 0 Å². The van der Waals surface area contributed by atoms with E-state index in [2.05, 4.69) is 12.2 Å². The lowest BCUT2D eigenvalue weighted by atomic mass is 9.74. The van der Waals surface area contributed by atoms with E-state index in [1.54, 1.807) is 0 Å². The Balaban J connectivity index is 1.78. The Morgan fingerprint density at radius 3 is 2.58 bits per heavy atom. The molecular weight excluding hydrogens is 236 g/mol. The molecule has 2 rings (SSSR count). The van der Waals surface area contributed by atoms with Crippen LogP contribution < -0.4 is 5.32 Å². The van der Waals surface area contributed by atoms with Crippen LogP contribution in [0.15, 0.2) is 0 Å². The number of carbonyl (C=O) groups excluding carboxylic acids is 1. The monoisotopic (exact) mass is 266 g/mol. The predicted octanol–water partition coefficient (Wildman–Crippen LogP) is 2.95. The van der Waals surface area contributed by atoms with Gasteiger partial charge in [-0.2, -0.15) is 0 Å². The second-order valence-electron chi connectivity index (χ2n) is 6.78. The highest BCUT2D eigenvalue weighted by atomic mass is 16.2. The molecule has 1 N–H and O–H groups in total. The van der Waals surface area contributed by atoms with E-state index in [4.69, 9.17) is 0 Å². The molecule has 0 spiro atoms. The molecule has 110 valence electrons. The maximum absolute atomic E-state index is 12.6. The minimum absolute atomic E-state index is 0.0764. The lowest BCUT2D eigenvalue weighted by Gasteiger charge is -2.36. The van der Waals surface area contributed by atoms with Crippen LogP contribution in [-0.2, 0) is 4.79 Å². The first-order chi connectivity index (χ1) is 9.12. The van der Waals surface area contributed by atoms with Crippen LogP contribution in [0.5, 0.6) is 0 Å². The quantitative estimate of drug-likeness (QED) is 0.848. The molecule has 2 aliphatic rings. The third-order valence-corrected chi connectivity index (χ3v) is 5.05. The maximum atomic E-state index is 12.6. The average Bonchev–Trinajstić information content (AvgIpc) is 2.46. The fourth-order valence-corrected chi connectivity index (χ4v) is 3.63. The largest absolute Gasteiger partial charge is 0.345 e. The van der Waals surface area contributed by atoms with Crippen LogP contribution >= 0.6 is 0 Å². The Kier molecular flexibility index (Phi) is 5.26. The van der Waals surface area contributed by atoms with E-state index < -0.39 is 0 Å². The highest BCUT2D eigenvalue weighted by Gasteiger charge is 2.36. The summed E-state index contributed by atoms with van der Waals surface area (Å²) in [6, 6.07) is 0.628. The number of piperidine rings is 1. The number of nitrogens with one attached hydrogen (secondary N) is 1. The molecule has 1 saturated carbocycles.